The Kier molecular flexibility index (Phi) is 2.87. The van der Waals surface area contributed by atoms with Crippen molar-refractivity contribution in [1.82, 2.24) is 0 Å². The van der Waals surface area contributed by atoms with Gasteiger partial charge in [-0.15, -0.1) is 0 Å². The van der Waals surface area contributed by atoms with Gasteiger partial charge in [-0.3, -0.25) is 4.79 Å². The Morgan fingerprint density at radius 3 is 2.63 bits per heavy atom. The number of hydrogen-bond acceptors (Lipinski definition) is 3. The number of carbonyl (C=O) groups excluding carboxylic acids is 1. The molecule has 3 nitrogen and oxygen atoms in total. The first kappa shape index (κ1) is 12.0. The van der Waals surface area contributed by atoms with Gasteiger partial charge in [0.2, 0.25) is 6.79 Å². The minimum absolute atomic E-state index is 0.138. The first-order valence-electron chi connectivity index (χ1n) is 5.54. The second-order valence-electron chi connectivity index (χ2n) is 4.06. The van der Waals surface area contributed by atoms with E-state index in [0.29, 0.717) is 17.1 Å². The molecular formula is C14H8ClFO3. The molecule has 0 bridgehead atoms. The molecule has 3 rings (SSSR count). The van der Waals surface area contributed by atoms with E-state index in [2.05, 4.69) is 0 Å². The van der Waals surface area contributed by atoms with Gasteiger partial charge in [0, 0.05) is 16.1 Å². The van der Waals surface area contributed by atoms with Crippen molar-refractivity contribution in [2.75, 3.05) is 6.79 Å². The van der Waals surface area contributed by atoms with Gasteiger partial charge in [0.05, 0.1) is 0 Å². The van der Waals surface area contributed by atoms with E-state index in [9.17, 15) is 9.18 Å². The summed E-state index contributed by atoms with van der Waals surface area (Å²) in [6.07, 6.45) is 0. The highest BCUT2D eigenvalue weighted by Crippen LogP contribution is 2.33. The number of carbonyl (C=O) groups is 1. The van der Waals surface area contributed by atoms with E-state index in [1.54, 1.807) is 18.2 Å². The first-order chi connectivity index (χ1) is 9.13. The molecule has 1 aliphatic rings. The van der Waals surface area contributed by atoms with Crippen molar-refractivity contribution < 1.29 is 18.7 Å². The number of benzene rings is 2. The van der Waals surface area contributed by atoms with Gasteiger partial charge in [-0.1, -0.05) is 11.6 Å². The molecule has 0 radical (unpaired) electrons. The van der Waals surface area contributed by atoms with Crippen molar-refractivity contribution in [2.45, 2.75) is 0 Å². The van der Waals surface area contributed by atoms with E-state index in [4.69, 9.17) is 21.1 Å². The maximum absolute atomic E-state index is 13.2. The summed E-state index contributed by atoms with van der Waals surface area (Å²) in [5.41, 5.74) is 0.592. The van der Waals surface area contributed by atoms with Crippen LogP contribution in [0.4, 0.5) is 4.39 Å². The van der Waals surface area contributed by atoms with Crippen LogP contribution in [0.15, 0.2) is 36.4 Å². The van der Waals surface area contributed by atoms with Gasteiger partial charge in [-0.25, -0.2) is 4.39 Å². The molecule has 0 spiro atoms. The van der Waals surface area contributed by atoms with Gasteiger partial charge in [0.25, 0.3) is 0 Å². The zero-order valence-corrected chi connectivity index (χ0v) is 10.4. The Labute approximate surface area is 113 Å². The van der Waals surface area contributed by atoms with Crippen LogP contribution in [0.1, 0.15) is 15.9 Å². The van der Waals surface area contributed by atoms with E-state index in [0.717, 1.165) is 12.1 Å². The lowest BCUT2D eigenvalue weighted by Crippen LogP contribution is -2.02. The van der Waals surface area contributed by atoms with E-state index in [1.165, 1.54) is 6.07 Å². The average Bonchev–Trinajstić information content (AvgIpc) is 2.83. The Balaban J connectivity index is 1.99. The molecule has 0 unspecified atom stereocenters. The number of hydrogen-bond donors (Lipinski definition) is 0. The summed E-state index contributed by atoms with van der Waals surface area (Å²) in [5, 5.41) is 0.184. The van der Waals surface area contributed by atoms with Gasteiger partial charge in [0.15, 0.2) is 17.3 Å². The van der Waals surface area contributed by atoms with Crippen molar-refractivity contribution in [2.24, 2.45) is 0 Å². The van der Waals surface area contributed by atoms with Gasteiger partial charge >= 0.3 is 0 Å². The molecule has 0 amide bonds. The first-order valence-corrected chi connectivity index (χ1v) is 5.92. The van der Waals surface area contributed by atoms with Crippen LogP contribution >= 0.6 is 11.6 Å². The van der Waals surface area contributed by atoms with Gasteiger partial charge in [0.1, 0.15) is 5.82 Å². The molecule has 96 valence electrons. The quantitative estimate of drug-likeness (QED) is 0.790. The van der Waals surface area contributed by atoms with Crippen LogP contribution in [-0.4, -0.2) is 12.6 Å². The largest absolute Gasteiger partial charge is 0.454 e. The van der Waals surface area contributed by atoms with Gasteiger partial charge in [-0.2, -0.15) is 0 Å². The zero-order valence-electron chi connectivity index (χ0n) is 9.65. The zero-order chi connectivity index (χ0) is 13.4. The number of ketones is 1. The monoisotopic (exact) mass is 278 g/mol. The molecule has 0 N–H and O–H groups in total. The minimum atomic E-state index is -0.545. The van der Waals surface area contributed by atoms with Crippen LogP contribution in [-0.2, 0) is 0 Å². The lowest BCUT2D eigenvalue weighted by atomic mass is 10.0. The Morgan fingerprint density at radius 2 is 1.84 bits per heavy atom. The fraction of sp³-hybridized carbons (Fsp3) is 0.0714. The van der Waals surface area contributed by atoms with Gasteiger partial charge < -0.3 is 9.47 Å². The lowest BCUT2D eigenvalue weighted by molar-refractivity contribution is 0.103. The fourth-order valence-corrected chi connectivity index (χ4v) is 2.11. The summed E-state index contributed by atoms with van der Waals surface area (Å²) in [5.74, 6) is 0.235. The molecule has 0 aliphatic carbocycles. The summed E-state index contributed by atoms with van der Waals surface area (Å²) in [6, 6.07) is 8.56. The summed E-state index contributed by atoms with van der Waals surface area (Å²) in [4.78, 5) is 12.2. The third-order valence-corrected chi connectivity index (χ3v) is 2.98. The average molecular weight is 279 g/mol. The van der Waals surface area contributed by atoms with Crippen molar-refractivity contribution in [3.05, 3.63) is 58.4 Å². The third-order valence-electron chi connectivity index (χ3n) is 2.76. The molecule has 0 atom stereocenters. The molecular weight excluding hydrogens is 271 g/mol. The molecule has 0 fully saturated rings. The molecule has 0 saturated heterocycles. The molecule has 0 aromatic heterocycles. The smallest absolute Gasteiger partial charge is 0.231 e. The van der Waals surface area contributed by atoms with Crippen LogP contribution in [0, 0.1) is 5.82 Å². The SMILES string of the molecule is O=C(c1cc(F)cc(Cl)c1)c1ccc2c(c1)OCO2. The highest BCUT2D eigenvalue weighted by atomic mass is 35.5. The van der Waals surface area contributed by atoms with Crippen LogP contribution in [0.5, 0.6) is 11.5 Å². The molecule has 1 heterocycles. The van der Waals surface area contributed by atoms with Crippen molar-refractivity contribution in [1.29, 1.82) is 0 Å². The number of halogens is 2. The van der Waals surface area contributed by atoms with Crippen molar-refractivity contribution in [3.63, 3.8) is 0 Å². The third kappa shape index (κ3) is 2.27. The van der Waals surface area contributed by atoms with Gasteiger partial charge in [-0.05, 0) is 36.4 Å². The summed E-state index contributed by atoms with van der Waals surface area (Å²) >= 11 is 5.74. The van der Waals surface area contributed by atoms with Crippen LogP contribution < -0.4 is 9.47 Å². The number of rotatable bonds is 2. The second-order valence-corrected chi connectivity index (χ2v) is 4.49. The number of fused-ring (bicyclic) bond motifs is 1. The molecule has 0 saturated carbocycles. The predicted molar refractivity (Wildman–Crippen MR) is 67.4 cm³/mol. The van der Waals surface area contributed by atoms with Crippen LogP contribution in [0.2, 0.25) is 5.02 Å². The summed E-state index contributed by atoms with van der Waals surface area (Å²) in [7, 11) is 0. The topological polar surface area (TPSA) is 35.5 Å². The highest BCUT2D eigenvalue weighted by molar-refractivity contribution is 6.31. The van der Waals surface area contributed by atoms with E-state index in [-0.39, 0.29) is 23.2 Å². The molecule has 2 aromatic rings. The molecule has 19 heavy (non-hydrogen) atoms. The van der Waals surface area contributed by atoms with Crippen LogP contribution in [0.3, 0.4) is 0 Å². The van der Waals surface area contributed by atoms with E-state index >= 15 is 0 Å². The highest BCUT2D eigenvalue weighted by Gasteiger charge is 2.17. The standard InChI is InChI=1S/C14H8ClFO3/c15-10-3-9(4-11(16)6-10)14(17)8-1-2-12-13(5-8)19-7-18-12/h1-6H,7H2. The van der Waals surface area contributed by atoms with Crippen LogP contribution in [0.25, 0.3) is 0 Å². The van der Waals surface area contributed by atoms with E-state index < -0.39 is 5.82 Å². The van der Waals surface area contributed by atoms with Crippen molar-refractivity contribution >= 4 is 17.4 Å². The molecule has 2 aromatic carbocycles. The minimum Gasteiger partial charge on any atom is -0.454 e. The summed E-state index contributed by atoms with van der Waals surface area (Å²) < 4.78 is 23.6. The van der Waals surface area contributed by atoms with E-state index in [1.807, 2.05) is 0 Å². The number of ether oxygens (including phenoxy) is 2. The summed E-state index contributed by atoms with van der Waals surface area (Å²) in [6.45, 7) is 0.138. The molecule has 1 aliphatic heterocycles. The Hall–Kier alpha value is -2.07. The lowest BCUT2D eigenvalue weighted by Gasteiger charge is -2.04. The Bertz CT molecular complexity index is 649. The Morgan fingerprint density at radius 1 is 1.05 bits per heavy atom. The normalized spacial score (nSPS) is 12.5. The second kappa shape index (κ2) is 4.55. The predicted octanol–water partition coefficient (Wildman–Crippen LogP) is 3.44. The molecule has 5 heteroatoms. The maximum atomic E-state index is 13.2. The maximum Gasteiger partial charge on any atom is 0.231 e. The fourth-order valence-electron chi connectivity index (χ4n) is 1.89. The van der Waals surface area contributed by atoms with Crippen molar-refractivity contribution in [3.8, 4) is 11.5 Å².